The van der Waals surface area contributed by atoms with Gasteiger partial charge in [0.05, 0.1) is 11.9 Å². The molecule has 1 aromatic heterocycles. The van der Waals surface area contributed by atoms with Crippen LogP contribution in [-0.4, -0.2) is 4.98 Å². The molecule has 0 aliphatic rings. The van der Waals surface area contributed by atoms with Crippen LogP contribution in [0.15, 0.2) is 42.6 Å². The van der Waals surface area contributed by atoms with Crippen molar-refractivity contribution in [1.29, 1.82) is 0 Å². The molecule has 1 aromatic carbocycles. The second-order valence-corrected chi connectivity index (χ2v) is 4.94. The average molecular weight is 240 g/mol. The molecule has 94 valence electrons. The average Bonchev–Trinajstić information content (AvgIpc) is 2.38. The van der Waals surface area contributed by atoms with Gasteiger partial charge >= 0.3 is 0 Å². The van der Waals surface area contributed by atoms with Crippen molar-refractivity contribution < 1.29 is 0 Å². The summed E-state index contributed by atoms with van der Waals surface area (Å²) >= 11 is 0. The second kappa shape index (κ2) is 5.67. The third-order valence-corrected chi connectivity index (χ3v) is 3.05. The van der Waals surface area contributed by atoms with Gasteiger partial charge < -0.3 is 5.32 Å². The van der Waals surface area contributed by atoms with Gasteiger partial charge in [-0.3, -0.25) is 4.98 Å². The Morgan fingerprint density at radius 1 is 1.06 bits per heavy atom. The molecule has 0 saturated heterocycles. The molecule has 1 N–H and O–H groups in total. The summed E-state index contributed by atoms with van der Waals surface area (Å²) in [5.74, 6) is 0.591. The summed E-state index contributed by atoms with van der Waals surface area (Å²) in [7, 11) is 0. The summed E-state index contributed by atoms with van der Waals surface area (Å²) in [6, 6.07) is 12.9. The zero-order chi connectivity index (χ0) is 13.0. The number of rotatable bonds is 4. The first kappa shape index (κ1) is 12.6. The summed E-state index contributed by atoms with van der Waals surface area (Å²) in [4.78, 5) is 4.27. The second-order valence-electron chi connectivity index (χ2n) is 4.94. The van der Waals surface area contributed by atoms with Crippen LogP contribution >= 0.6 is 0 Å². The minimum atomic E-state index is 0.591. The highest BCUT2D eigenvalue weighted by molar-refractivity contribution is 5.41. The number of nitrogens with one attached hydrogen (secondary N) is 1. The maximum Gasteiger partial charge on any atom is 0.0529 e. The Bertz CT molecular complexity index is 484. The molecule has 0 atom stereocenters. The monoisotopic (exact) mass is 240 g/mol. The van der Waals surface area contributed by atoms with Crippen molar-refractivity contribution in [1.82, 2.24) is 4.98 Å². The first-order chi connectivity index (χ1) is 8.65. The predicted octanol–water partition coefficient (Wildman–Crippen LogP) is 4.13. The number of nitrogens with zero attached hydrogens (tertiary/aromatic N) is 1. The SMILES string of the molecule is Cc1ccc(NCc2ccc(C(C)C)cc2)cn1. The van der Waals surface area contributed by atoms with E-state index < -0.39 is 0 Å². The number of hydrogen-bond acceptors (Lipinski definition) is 2. The van der Waals surface area contributed by atoms with Gasteiger partial charge in [-0.25, -0.2) is 0 Å². The predicted molar refractivity (Wildman–Crippen MR) is 76.8 cm³/mol. The molecule has 0 amide bonds. The molecule has 18 heavy (non-hydrogen) atoms. The van der Waals surface area contributed by atoms with Gasteiger partial charge in [0.1, 0.15) is 0 Å². The first-order valence-electron chi connectivity index (χ1n) is 6.40. The lowest BCUT2D eigenvalue weighted by Gasteiger charge is -2.09. The van der Waals surface area contributed by atoms with Crippen LogP contribution < -0.4 is 5.32 Å². The van der Waals surface area contributed by atoms with Crippen molar-refractivity contribution in [3.8, 4) is 0 Å². The van der Waals surface area contributed by atoms with Crippen molar-refractivity contribution in [3.63, 3.8) is 0 Å². The van der Waals surface area contributed by atoms with Crippen LogP contribution in [0, 0.1) is 6.92 Å². The van der Waals surface area contributed by atoms with E-state index in [9.17, 15) is 0 Å². The van der Waals surface area contributed by atoms with Crippen LogP contribution in [0.2, 0.25) is 0 Å². The normalized spacial score (nSPS) is 10.7. The quantitative estimate of drug-likeness (QED) is 0.869. The van der Waals surface area contributed by atoms with Gasteiger partial charge in [-0.2, -0.15) is 0 Å². The number of hydrogen-bond donors (Lipinski definition) is 1. The molecule has 2 nitrogen and oxygen atoms in total. The highest BCUT2D eigenvalue weighted by atomic mass is 14.9. The Hall–Kier alpha value is -1.83. The van der Waals surface area contributed by atoms with E-state index in [2.05, 4.69) is 54.5 Å². The summed E-state index contributed by atoms with van der Waals surface area (Å²) < 4.78 is 0. The minimum Gasteiger partial charge on any atom is -0.380 e. The van der Waals surface area contributed by atoms with E-state index in [0.717, 1.165) is 17.9 Å². The van der Waals surface area contributed by atoms with Crippen LogP contribution in [0.4, 0.5) is 5.69 Å². The molecule has 0 unspecified atom stereocenters. The van der Waals surface area contributed by atoms with Gasteiger partial charge in [0, 0.05) is 12.2 Å². The molecule has 2 heteroatoms. The molecular formula is C16H20N2. The third-order valence-electron chi connectivity index (χ3n) is 3.05. The Balaban J connectivity index is 1.95. The van der Waals surface area contributed by atoms with Crippen molar-refractivity contribution in [2.75, 3.05) is 5.32 Å². The van der Waals surface area contributed by atoms with E-state index >= 15 is 0 Å². The molecule has 0 aliphatic heterocycles. The Labute approximate surface area is 109 Å². The summed E-state index contributed by atoms with van der Waals surface area (Å²) in [6.45, 7) is 7.26. The third kappa shape index (κ3) is 3.33. The largest absolute Gasteiger partial charge is 0.380 e. The summed E-state index contributed by atoms with van der Waals surface area (Å²) in [5, 5.41) is 3.37. The molecule has 0 aliphatic carbocycles. The van der Waals surface area contributed by atoms with Crippen LogP contribution in [0.25, 0.3) is 0 Å². The van der Waals surface area contributed by atoms with Crippen LogP contribution in [0.3, 0.4) is 0 Å². The van der Waals surface area contributed by atoms with Gasteiger partial charge in [-0.1, -0.05) is 38.1 Å². The number of anilines is 1. The topological polar surface area (TPSA) is 24.9 Å². The Morgan fingerprint density at radius 2 is 1.78 bits per heavy atom. The molecule has 0 radical (unpaired) electrons. The van der Waals surface area contributed by atoms with Gasteiger partial charge in [0.15, 0.2) is 0 Å². The molecule has 2 aromatic rings. The van der Waals surface area contributed by atoms with E-state index in [0.29, 0.717) is 5.92 Å². The van der Waals surface area contributed by atoms with Gasteiger partial charge in [0.25, 0.3) is 0 Å². The highest BCUT2D eigenvalue weighted by Crippen LogP contribution is 2.15. The van der Waals surface area contributed by atoms with E-state index in [1.807, 2.05) is 19.2 Å². The molecule has 0 spiro atoms. The summed E-state index contributed by atoms with van der Waals surface area (Å²) in [6.07, 6.45) is 1.87. The Morgan fingerprint density at radius 3 is 2.33 bits per heavy atom. The highest BCUT2D eigenvalue weighted by Gasteiger charge is 1.99. The lowest BCUT2D eigenvalue weighted by molar-refractivity contribution is 0.865. The maximum absolute atomic E-state index is 4.27. The summed E-state index contributed by atoms with van der Waals surface area (Å²) in [5.41, 5.74) is 4.78. The smallest absolute Gasteiger partial charge is 0.0529 e. The van der Waals surface area contributed by atoms with Crippen LogP contribution in [0.5, 0.6) is 0 Å². The molecule has 0 bridgehead atoms. The number of aromatic nitrogens is 1. The molecule has 0 saturated carbocycles. The number of pyridine rings is 1. The van der Waals surface area contributed by atoms with Crippen molar-refractivity contribution >= 4 is 5.69 Å². The zero-order valence-electron chi connectivity index (χ0n) is 11.3. The van der Waals surface area contributed by atoms with Crippen LogP contribution in [-0.2, 0) is 6.54 Å². The fourth-order valence-corrected chi connectivity index (χ4v) is 1.80. The van der Waals surface area contributed by atoms with E-state index in [1.54, 1.807) is 0 Å². The number of benzene rings is 1. The number of aryl methyl sites for hydroxylation is 1. The lowest BCUT2D eigenvalue weighted by atomic mass is 10.0. The standard InChI is InChI=1S/C16H20N2/c1-12(2)15-7-5-14(6-8-15)10-18-16-9-4-13(3)17-11-16/h4-9,11-12,18H,10H2,1-3H3. The molecule has 1 heterocycles. The van der Waals surface area contributed by atoms with Gasteiger partial charge in [0.2, 0.25) is 0 Å². The molecular weight excluding hydrogens is 220 g/mol. The van der Waals surface area contributed by atoms with E-state index in [1.165, 1.54) is 11.1 Å². The van der Waals surface area contributed by atoms with Crippen LogP contribution in [0.1, 0.15) is 36.6 Å². The first-order valence-corrected chi connectivity index (χ1v) is 6.40. The zero-order valence-corrected chi connectivity index (χ0v) is 11.3. The van der Waals surface area contributed by atoms with Crippen molar-refractivity contribution in [3.05, 3.63) is 59.4 Å². The molecule has 0 fully saturated rings. The van der Waals surface area contributed by atoms with Crippen molar-refractivity contribution in [2.24, 2.45) is 0 Å². The fourth-order valence-electron chi connectivity index (χ4n) is 1.80. The maximum atomic E-state index is 4.27. The van der Waals surface area contributed by atoms with E-state index in [-0.39, 0.29) is 0 Å². The van der Waals surface area contributed by atoms with Gasteiger partial charge in [-0.15, -0.1) is 0 Å². The van der Waals surface area contributed by atoms with E-state index in [4.69, 9.17) is 0 Å². The minimum absolute atomic E-state index is 0.591. The fraction of sp³-hybridized carbons (Fsp3) is 0.312. The lowest BCUT2D eigenvalue weighted by Crippen LogP contribution is -2.00. The van der Waals surface area contributed by atoms with Gasteiger partial charge in [-0.05, 0) is 36.1 Å². The Kier molecular flexibility index (Phi) is 3.98. The molecule has 2 rings (SSSR count). The van der Waals surface area contributed by atoms with Crippen molar-refractivity contribution in [2.45, 2.75) is 33.2 Å².